The Kier molecular flexibility index (Phi) is 4.21. The average Bonchev–Trinajstić information content (AvgIpc) is 2.95. The number of hydrogen-bond acceptors (Lipinski definition) is 5. The third-order valence-electron chi connectivity index (χ3n) is 3.51. The Hall–Kier alpha value is -2.53. The highest BCUT2D eigenvalue weighted by molar-refractivity contribution is 7.16. The Morgan fingerprint density at radius 2 is 1.78 bits per heavy atom. The summed E-state index contributed by atoms with van der Waals surface area (Å²) in [6.07, 6.45) is 0.733. The summed E-state index contributed by atoms with van der Waals surface area (Å²) in [5.74, 6) is 0.232. The van der Waals surface area contributed by atoms with Crippen LogP contribution in [0.3, 0.4) is 0 Å². The fourth-order valence-electron chi connectivity index (χ4n) is 2.36. The van der Waals surface area contributed by atoms with E-state index in [-0.39, 0.29) is 11.5 Å². The van der Waals surface area contributed by atoms with E-state index in [9.17, 15) is 10.2 Å². The van der Waals surface area contributed by atoms with Gasteiger partial charge in [-0.15, -0.1) is 11.3 Å². The Morgan fingerprint density at radius 3 is 2.48 bits per heavy atom. The second-order valence-corrected chi connectivity index (χ2v) is 6.59. The fourth-order valence-corrected chi connectivity index (χ4v) is 3.39. The zero-order chi connectivity index (χ0) is 16.4. The summed E-state index contributed by atoms with van der Waals surface area (Å²) >= 11 is 1.59. The van der Waals surface area contributed by atoms with Crippen molar-refractivity contribution in [1.29, 1.82) is 0 Å². The summed E-state index contributed by atoms with van der Waals surface area (Å²) in [6.45, 7) is 0. The number of aromatic hydroxyl groups is 2. The molecular formula is C18H18N2O2S. The van der Waals surface area contributed by atoms with E-state index in [0.717, 1.165) is 22.1 Å². The molecule has 0 radical (unpaired) electrons. The number of anilines is 1. The van der Waals surface area contributed by atoms with Gasteiger partial charge in [-0.3, -0.25) is 0 Å². The predicted octanol–water partition coefficient (Wildman–Crippen LogP) is 3.88. The maximum atomic E-state index is 10.2. The van der Waals surface area contributed by atoms with Crippen molar-refractivity contribution in [3.63, 3.8) is 0 Å². The van der Waals surface area contributed by atoms with Gasteiger partial charge in [0.1, 0.15) is 11.5 Å². The van der Waals surface area contributed by atoms with Gasteiger partial charge in [0, 0.05) is 31.0 Å². The quantitative estimate of drug-likeness (QED) is 0.715. The number of phenols is 2. The minimum absolute atomic E-state index is 0.114. The Morgan fingerprint density at radius 1 is 1.04 bits per heavy atom. The average molecular weight is 326 g/mol. The van der Waals surface area contributed by atoms with E-state index in [1.54, 1.807) is 17.4 Å². The molecule has 0 saturated heterocycles. The van der Waals surface area contributed by atoms with E-state index in [1.165, 1.54) is 17.7 Å². The second-order valence-electron chi connectivity index (χ2n) is 5.53. The maximum Gasteiger partial charge on any atom is 0.185 e. The Bertz CT molecular complexity index is 813. The van der Waals surface area contributed by atoms with Crippen LogP contribution in [0.4, 0.5) is 5.13 Å². The van der Waals surface area contributed by atoms with Gasteiger partial charge in [0.15, 0.2) is 5.13 Å². The van der Waals surface area contributed by atoms with Crippen LogP contribution in [0, 0.1) is 0 Å². The van der Waals surface area contributed by atoms with Gasteiger partial charge in [-0.1, -0.05) is 30.3 Å². The monoisotopic (exact) mass is 326 g/mol. The maximum absolute atomic E-state index is 10.2. The van der Waals surface area contributed by atoms with Gasteiger partial charge >= 0.3 is 0 Å². The van der Waals surface area contributed by atoms with Crippen LogP contribution in [0.2, 0.25) is 0 Å². The minimum atomic E-state index is 0.114. The highest BCUT2D eigenvalue weighted by atomic mass is 32.1. The lowest BCUT2D eigenvalue weighted by Crippen LogP contribution is -2.07. The molecular weight excluding hydrogens is 308 g/mol. The Labute approximate surface area is 139 Å². The normalized spacial score (nSPS) is 10.7. The molecule has 0 atom stereocenters. The summed E-state index contributed by atoms with van der Waals surface area (Å²) in [5.41, 5.74) is 2.46. The molecule has 4 nitrogen and oxygen atoms in total. The zero-order valence-electron chi connectivity index (χ0n) is 13.0. The van der Waals surface area contributed by atoms with E-state index >= 15 is 0 Å². The van der Waals surface area contributed by atoms with Crippen LogP contribution in [0.1, 0.15) is 10.4 Å². The number of rotatable bonds is 4. The predicted molar refractivity (Wildman–Crippen MR) is 94.5 cm³/mol. The molecule has 5 heteroatoms. The third-order valence-corrected chi connectivity index (χ3v) is 4.73. The van der Waals surface area contributed by atoms with E-state index in [2.05, 4.69) is 17.1 Å². The van der Waals surface area contributed by atoms with Gasteiger partial charge in [-0.05, 0) is 23.8 Å². The molecule has 0 spiro atoms. The first kappa shape index (κ1) is 15.4. The number of benzene rings is 2. The van der Waals surface area contributed by atoms with Gasteiger partial charge in [-0.2, -0.15) is 0 Å². The topological polar surface area (TPSA) is 56.6 Å². The SMILES string of the molecule is CN(C)c1nc(-c2cc(O)ccc2O)c(Cc2ccccc2)s1. The highest BCUT2D eigenvalue weighted by Crippen LogP contribution is 2.39. The molecule has 0 aliphatic heterocycles. The molecule has 3 aromatic rings. The molecule has 2 N–H and O–H groups in total. The van der Waals surface area contributed by atoms with Crippen LogP contribution < -0.4 is 4.90 Å². The van der Waals surface area contributed by atoms with Gasteiger partial charge in [0.2, 0.25) is 0 Å². The summed E-state index contributed by atoms with van der Waals surface area (Å²) in [6, 6.07) is 14.7. The van der Waals surface area contributed by atoms with Gasteiger partial charge in [0.25, 0.3) is 0 Å². The molecule has 0 aliphatic rings. The van der Waals surface area contributed by atoms with Gasteiger partial charge < -0.3 is 15.1 Å². The lowest BCUT2D eigenvalue weighted by molar-refractivity contribution is 0.461. The molecule has 2 aromatic carbocycles. The summed E-state index contributed by atoms with van der Waals surface area (Å²) in [4.78, 5) is 7.65. The van der Waals surface area contributed by atoms with Crippen LogP contribution >= 0.6 is 11.3 Å². The third kappa shape index (κ3) is 3.29. The molecule has 0 aliphatic carbocycles. The number of nitrogens with zero attached hydrogens (tertiary/aromatic N) is 2. The summed E-state index contributed by atoms with van der Waals surface area (Å²) in [5, 5.41) is 20.8. The Balaban J connectivity index is 2.09. The molecule has 3 rings (SSSR count). The second kappa shape index (κ2) is 6.30. The lowest BCUT2D eigenvalue weighted by Gasteiger charge is -2.06. The molecule has 1 aromatic heterocycles. The molecule has 23 heavy (non-hydrogen) atoms. The van der Waals surface area contributed by atoms with E-state index in [1.807, 2.05) is 37.2 Å². The minimum Gasteiger partial charge on any atom is -0.508 e. The summed E-state index contributed by atoms with van der Waals surface area (Å²) < 4.78 is 0. The van der Waals surface area contributed by atoms with Gasteiger partial charge in [0.05, 0.1) is 5.69 Å². The van der Waals surface area contributed by atoms with E-state index in [4.69, 9.17) is 0 Å². The smallest absolute Gasteiger partial charge is 0.185 e. The molecule has 0 bridgehead atoms. The number of thiazole rings is 1. The van der Waals surface area contributed by atoms with Crippen molar-refractivity contribution in [2.45, 2.75) is 6.42 Å². The highest BCUT2D eigenvalue weighted by Gasteiger charge is 2.18. The fraction of sp³-hybridized carbons (Fsp3) is 0.167. The van der Waals surface area contributed by atoms with Crippen LogP contribution in [0.15, 0.2) is 48.5 Å². The van der Waals surface area contributed by atoms with Crippen LogP contribution in [0.5, 0.6) is 11.5 Å². The van der Waals surface area contributed by atoms with Crippen LogP contribution in [-0.4, -0.2) is 29.3 Å². The van der Waals surface area contributed by atoms with Crippen molar-refractivity contribution in [2.75, 3.05) is 19.0 Å². The molecule has 118 valence electrons. The molecule has 1 heterocycles. The van der Waals surface area contributed by atoms with Crippen molar-refractivity contribution in [3.05, 3.63) is 59.0 Å². The molecule has 0 unspecified atom stereocenters. The van der Waals surface area contributed by atoms with Crippen molar-refractivity contribution < 1.29 is 10.2 Å². The standard InChI is InChI=1S/C18H18N2O2S/c1-20(2)18-19-17(14-11-13(21)8-9-15(14)22)16(23-18)10-12-6-4-3-5-7-12/h3-9,11,21-22H,10H2,1-2H3. The summed E-state index contributed by atoms with van der Waals surface area (Å²) in [7, 11) is 3.88. The van der Waals surface area contributed by atoms with Crippen molar-refractivity contribution in [3.8, 4) is 22.8 Å². The van der Waals surface area contributed by atoms with Crippen LogP contribution in [0.25, 0.3) is 11.3 Å². The van der Waals surface area contributed by atoms with Crippen molar-refractivity contribution in [1.82, 2.24) is 4.98 Å². The molecule has 0 saturated carbocycles. The first-order chi connectivity index (χ1) is 11.0. The first-order valence-electron chi connectivity index (χ1n) is 7.28. The number of aromatic nitrogens is 1. The first-order valence-corrected chi connectivity index (χ1v) is 8.09. The molecule has 0 fully saturated rings. The van der Waals surface area contributed by atoms with Crippen molar-refractivity contribution >= 4 is 16.5 Å². The van der Waals surface area contributed by atoms with Gasteiger partial charge in [-0.25, -0.2) is 4.98 Å². The number of phenolic OH excluding ortho intramolecular Hbond substituents is 2. The largest absolute Gasteiger partial charge is 0.508 e. The lowest BCUT2D eigenvalue weighted by atomic mass is 10.1. The number of hydrogen-bond donors (Lipinski definition) is 2. The molecule has 0 amide bonds. The van der Waals surface area contributed by atoms with Crippen molar-refractivity contribution in [2.24, 2.45) is 0 Å². The van der Waals surface area contributed by atoms with E-state index < -0.39 is 0 Å². The van der Waals surface area contributed by atoms with Crippen LogP contribution in [-0.2, 0) is 6.42 Å². The van der Waals surface area contributed by atoms with E-state index in [0.29, 0.717) is 5.56 Å². The zero-order valence-corrected chi connectivity index (χ0v) is 13.8.